The summed E-state index contributed by atoms with van der Waals surface area (Å²) < 4.78 is 4.83. The van der Waals surface area contributed by atoms with Crippen LogP contribution in [0.3, 0.4) is 0 Å². The molecule has 0 aliphatic heterocycles. The molecule has 0 aliphatic rings. The Morgan fingerprint density at radius 2 is 1.65 bits per heavy atom. The summed E-state index contributed by atoms with van der Waals surface area (Å²) in [6.45, 7) is 20.7. The second kappa shape index (κ2) is 25.5. The SMILES string of the molecule is CC.CC.CC(C)c1ccccc1.CCN(CC[NH+](C)COC=O)Cc1ccc(C(=O)Nc2ccc(C)c(Nc3nccc(-c4cccnc4)n3)c2)cc1. The first-order chi connectivity index (χ1) is 26.2. The number of nitrogens with one attached hydrogen (secondary N) is 3. The van der Waals surface area contributed by atoms with E-state index in [4.69, 9.17) is 4.74 Å². The van der Waals surface area contributed by atoms with Crippen LogP contribution in [0.25, 0.3) is 11.3 Å². The molecule has 5 rings (SSSR count). The topological polar surface area (TPSA) is 114 Å². The van der Waals surface area contributed by atoms with Crippen LogP contribution >= 0.6 is 0 Å². The molecule has 2 aromatic heterocycles. The normalized spacial score (nSPS) is 10.7. The van der Waals surface area contributed by atoms with Crippen LogP contribution in [0.5, 0.6) is 0 Å². The number of anilines is 3. The van der Waals surface area contributed by atoms with Gasteiger partial charge in [-0.25, -0.2) is 9.97 Å². The number of ether oxygens (including phenoxy) is 1. The predicted molar refractivity (Wildman–Crippen MR) is 222 cm³/mol. The molecule has 0 aliphatic carbocycles. The van der Waals surface area contributed by atoms with Gasteiger partial charge < -0.3 is 20.3 Å². The number of likely N-dealkylation sites (N-methyl/N-ethyl adjacent to an activating group) is 2. The van der Waals surface area contributed by atoms with E-state index in [1.807, 2.05) is 108 Å². The van der Waals surface area contributed by atoms with E-state index in [1.54, 1.807) is 18.6 Å². The Balaban J connectivity index is 0.000000664. The summed E-state index contributed by atoms with van der Waals surface area (Å²) in [4.78, 5) is 40.0. The fraction of sp³-hybridized carbons (Fsp3) is 0.341. The molecule has 1 amide bonds. The average molecular weight is 735 g/mol. The van der Waals surface area contributed by atoms with Crippen molar-refractivity contribution in [2.75, 3.05) is 44.0 Å². The fourth-order valence-electron chi connectivity index (χ4n) is 5.06. The van der Waals surface area contributed by atoms with E-state index in [1.165, 1.54) is 5.56 Å². The zero-order chi connectivity index (χ0) is 39.7. The summed E-state index contributed by atoms with van der Waals surface area (Å²) in [5, 5.41) is 6.26. The second-order valence-corrected chi connectivity index (χ2v) is 12.4. The number of hydrogen-bond donors (Lipinski definition) is 3. The molecule has 2 heterocycles. The molecule has 288 valence electrons. The molecule has 3 aromatic carbocycles. The lowest BCUT2D eigenvalue weighted by Crippen LogP contribution is -3.10. The van der Waals surface area contributed by atoms with E-state index in [0.29, 0.717) is 36.3 Å². The Morgan fingerprint density at radius 1 is 0.926 bits per heavy atom. The van der Waals surface area contributed by atoms with Gasteiger partial charge in [0, 0.05) is 54.2 Å². The molecule has 3 N–H and O–H groups in total. The predicted octanol–water partition coefficient (Wildman–Crippen LogP) is 8.17. The number of aryl methyl sites for hydroxylation is 1. The summed E-state index contributed by atoms with van der Waals surface area (Å²) in [5.41, 5.74) is 7.24. The minimum atomic E-state index is -0.186. The van der Waals surface area contributed by atoms with Crippen LogP contribution in [-0.4, -0.2) is 65.6 Å². The molecule has 0 radical (unpaired) electrons. The number of benzene rings is 3. The largest absolute Gasteiger partial charge is 0.417 e. The maximum atomic E-state index is 13.0. The van der Waals surface area contributed by atoms with E-state index in [-0.39, 0.29) is 5.91 Å². The average Bonchev–Trinajstić information content (AvgIpc) is 3.22. The number of rotatable bonds is 15. The van der Waals surface area contributed by atoms with Gasteiger partial charge in [-0.15, -0.1) is 0 Å². The van der Waals surface area contributed by atoms with E-state index < -0.39 is 0 Å². The van der Waals surface area contributed by atoms with Gasteiger partial charge in [-0.05, 0) is 78.5 Å². The smallest absolute Gasteiger partial charge is 0.297 e. The summed E-state index contributed by atoms with van der Waals surface area (Å²) in [6.07, 6.45) is 5.18. The summed E-state index contributed by atoms with van der Waals surface area (Å²) in [6, 6.07) is 29.5. The van der Waals surface area contributed by atoms with Crippen LogP contribution in [0.1, 0.15) is 81.4 Å². The number of carbonyl (C=O) groups is 2. The van der Waals surface area contributed by atoms with Gasteiger partial charge in [0.2, 0.25) is 12.7 Å². The lowest BCUT2D eigenvalue weighted by Gasteiger charge is -2.22. The Morgan fingerprint density at radius 3 is 2.26 bits per heavy atom. The maximum absolute atomic E-state index is 13.0. The molecule has 0 bridgehead atoms. The van der Waals surface area contributed by atoms with Gasteiger partial charge in [-0.3, -0.25) is 19.5 Å². The number of quaternary nitrogens is 1. The van der Waals surface area contributed by atoms with Crippen LogP contribution < -0.4 is 15.5 Å². The maximum Gasteiger partial charge on any atom is 0.297 e. The first-order valence-electron chi connectivity index (χ1n) is 18.9. The molecular weight excluding hydrogens is 675 g/mol. The second-order valence-electron chi connectivity index (χ2n) is 12.4. The highest BCUT2D eigenvalue weighted by Crippen LogP contribution is 2.25. The van der Waals surface area contributed by atoms with Crippen LogP contribution in [0.15, 0.2) is 110 Å². The fourth-order valence-corrected chi connectivity index (χ4v) is 5.06. The van der Waals surface area contributed by atoms with Gasteiger partial charge in [0.05, 0.1) is 19.3 Å². The number of pyridine rings is 1. The van der Waals surface area contributed by atoms with E-state index in [0.717, 1.165) is 59.2 Å². The van der Waals surface area contributed by atoms with Gasteiger partial charge in [0.25, 0.3) is 12.4 Å². The van der Waals surface area contributed by atoms with Crippen molar-refractivity contribution in [3.05, 3.63) is 132 Å². The monoisotopic (exact) mass is 734 g/mol. The molecular formula is C44H60N7O3+. The first-order valence-corrected chi connectivity index (χ1v) is 18.9. The number of amides is 1. The van der Waals surface area contributed by atoms with Crippen molar-refractivity contribution in [1.82, 2.24) is 19.9 Å². The molecule has 0 saturated heterocycles. The van der Waals surface area contributed by atoms with E-state index in [9.17, 15) is 9.59 Å². The molecule has 0 saturated carbocycles. The zero-order valence-corrected chi connectivity index (χ0v) is 33.6. The molecule has 10 heteroatoms. The van der Waals surface area contributed by atoms with Crippen molar-refractivity contribution in [2.45, 2.75) is 67.9 Å². The molecule has 54 heavy (non-hydrogen) atoms. The number of aromatic nitrogens is 3. The molecule has 0 fully saturated rings. The van der Waals surface area contributed by atoms with Crippen LogP contribution in [0, 0.1) is 6.92 Å². The summed E-state index contributed by atoms with van der Waals surface area (Å²) >= 11 is 0. The highest BCUT2D eigenvalue weighted by molar-refractivity contribution is 6.04. The van der Waals surface area contributed by atoms with Crippen molar-refractivity contribution in [1.29, 1.82) is 0 Å². The molecule has 5 aromatic rings. The number of carbonyl (C=O) groups excluding carboxylic acids is 2. The summed E-state index contributed by atoms with van der Waals surface area (Å²) in [7, 11) is 1.99. The van der Waals surface area contributed by atoms with Crippen LogP contribution in [-0.2, 0) is 16.1 Å². The number of nitrogens with zero attached hydrogens (tertiary/aromatic N) is 4. The molecule has 0 spiro atoms. The van der Waals surface area contributed by atoms with Gasteiger partial charge >= 0.3 is 0 Å². The Kier molecular flexibility index (Phi) is 21.1. The van der Waals surface area contributed by atoms with Crippen molar-refractivity contribution in [3.8, 4) is 11.3 Å². The lowest BCUT2D eigenvalue weighted by molar-refractivity contribution is -0.896. The van der Waals surface area contributed by atoms with Crippen molar-refractivity contribution in [2.24, 2.45) is 0 Å². The van der Waals surface area contributed by atoms with Gasteiger partial charge in [0.15, 0.2) is 0 Å². The van der Waals surface area contributed by atoms with Crippen LogP contribution in [0.2, 0.25) is 0 Å². The Bertz CT molecular complexity index is 1770. The Labute approximate surface area is 323 Å². The van der Waals surface area contributed by atoms with E-state index >= 15 is 0 Å². The van der Waals surface area contributed by atoms with Crippen molar-refractivity contribution in [3.63, 3.8) is 0 Å². The Hall–Kier alpha value is -5.45. The van der Waals surface area contributed by atoms with E-state index in [2.05, 4.69) is 75.5 Å². The van der Waals surface area contributed by atoms with Gasteiger partial charge in [0.1, 0.15) is 0 Å². The highest BCUT2D eigenvalue weighted by Gasteiger charge is 2.12. The highest BCUT2D eigenvalue weighted by atomic mass is 16.5. The zero-order valence-electron chi connectivity index (χ0n) is 33.6. The minimum Gasteiger partial charge on any atom is -0.417 e. The number of hydrogen-bond acceptors (Lipinski definition) is 8. The molecule has 1 unspecified atom stereocenters. The van der Waals surface area contributed by atoms with Gasteiger partial charge in [-0.2, -0.15) is 0 Å². The van der Waals surface area contributed by atoms with Crippen LogP contribution in [0.4, 0.5) is 17.3 Å². The first kappa shape index (κ1) is 44.7. The standard InChI is InChI=1S/C31H35N7O3.C9H12.2C2H6/c1-4-38(17-16-37(3)21-41-22-39)20-24-8-10-25(11-9-24)30(40)34-27-12-7-23(2)29(18-27)36-31-33-15-13-28(35-31)26-6-5-14-32-19-26;1-8(2)9-6-4-3-5-7-9;2*1-2/h5-15,18-19,22H,4,16-17,20-21H2,1-3H3,(H,34,40)(H,33,35,36);3-8H,1-2H3;2*1-2H3/p+1. The van der Waals surface area contributed by atoms with Gasteiger partial charge in [-0.1, -0.05) is 97.0 Å². The minimum absolute atomic E-state index is 0.186. The summed E-state index contributed by atoms with van der Waals surface area (Å²) in [5.74, 6) is 0.928. The van der Waals surface area contributed by atoms with Crippen molar-refractivity contribution < 1.29 is 19.2 Å². The quantitative estimate of drug-likeness (QED) is 0.0730. The van der Waals surface area contributed by atoms with Crippen molar-refractivity contribution >= 4 is 29.7 Å². The third-order valence-electron chi connectivity index (χ3n) is 8.14. The molecule has 1 atom stereocenters. The molecule has 10 nitrogen and oxygen atoms in total. The lowest BCUT2D eigenvalue weighted by atomic mass is 10.0. The third kappa shape index (κ3) is 15.7. The third-order valence-corrected chi connectivity index (χ3v) is 8.14.